The first-order valence-electron chi connectivity index (χ1n) is 45.6. The maximum Gasteiger partial charge on any atom is 0.305 e. The number of hydrogen-bond donors (Lipinski definition) is 3. The van der Waals surface area contributed by atoms with E-state index in [2.05, 4.69) is 67.8 Å². The van der Waals surface area contributed by atoms with Gasteiger partial charge in [-0.1, -0.05) is 453 Å². The number of aliphatic hydroxyl groups excluding tert-OH is 2. The molecule has 0 heterocycles. The van der Waals surface area contributed by atoms with Crippen LogP contribution in [0.25, 0.3) is 0 Å². The first-order valence-corrected chi connectivity index (χ1v) is 45.6. The van der Waals surface area contributed by atoms with Crippen LogP contribution in [0.5, 0.6) is 0 Å². The Morgan fingerprint density at radius 2 is 0.500 bits per heavy atom. The molecule has 0 aromatic rings. The predicted octanol–water partition coefficient (Wildman–Crippen LogP) is 30.8. The second-order valence-electron chi connectivity index (χ2n) is 31.3. The third-order valence-electron chi connectivity index (χ3n) is 21.3. The third-order valence-corrected chi connectivity index (χ3v) is 21.3. The predicted molar refractivity (Wildman–Crippen MR) is 444 cm³/mol. The molecule has 588 valence electrons. The lowest BCUT2D eigenvalue weighted by atomic mass is 10.0. The second-order valence-corrected chi connectivity index (χ2v) is 31.3. The number of rotatable bonds is 86. The van der Waals surface area contributed by atoms with Crippen LogP contribution in [0.15, 0.2) is 60.8 Å². The van der Waals surface area contributed by atoms with Gasteiger partial charge in [-0.2, -0.15) is 0 Å². The van der Waals surface area contributed by atoms with Gasteiger partial charge in [0.15, 0.2) is 0 Å². The third kappa shape index (κ3) is 84.5. The number of esters is 1. The maximum absolute atomic E-state index is 12.6. The summed E-state index contributed by atoms with van der Waals surface area (Å²) in [5.41, 5.74) is 0. The smallest absolute Gasteiger partial charge is 0.305 e. The van der Waals surface area contributed by atoms with Crippen LogP contribution in [0.4, 0.5) is 0 Å². The molecule has 0 bridgehead atoms. The molecule has 0 aliphatic carbocycles. The second kappa shape index (κ2) is 89.0. The Hall–Kier alpha value is -2.44. The molecule has 3 N–H and O–H groups in total. The molecule has 2 atom stereocenters. The summed E-state index contributed by atoms with van der Waals surface area (Å²) in [7, 11) is 0. The highest BCUT2D eigenvalue weighted by molar-refractivity contribution is 5.76. The molecule has 0 saturated heterocycles. The number of aliphatic hydroxyl groups is 2. The number of hydrogen-bond acceptors (Lipinski definition) is 5. The highest BCUT2D eigenvalue weighted by Gasteiger charge is 2.18. The van der Waals surface area contributed by atoms with Gasteiger partial charge in [-0.3, -0.25) is 9.59 Å². The molecule has 0 fully saturated rings. The first-order chi connectivity index (χ1) is 49.5. The first kappa shape index (κ1) is 97.6. The molecule has 100 heavy (non-hydrogen) atoms. The zero-order valence-corrected chi connectivity index (χ0v) is 67.7. The van der Waals surface area contributed by atoms with E-state index in [0.29, 0.717) is 19.4 Å². The summed E-state index contributed by atoms with van der Waals surface area (Å²) >= 11 is 0. The van der Waals surface area contributed by atoms with Gasteiger partial charge in [0, 0.05) is 12.8 Å². The molecular formula is C94H177NO5. The Morgan fingerprint density at radius 3 is 0.780 bits per heavy atom. The molecule has 0 saturated carbocycles. The van der Waals surface area contributed by atoms with E-state index in [9.17, 15) is 19.8 Å². The standard InChI is InChI=1S/C94H177NO5/c1-3-5-7-9-11-13-15-17-19-21-23-24-25-41-44-47-51-54-58-62-66-70-74-78-82-86-92(97)91(90-96)95-93(98)87-83-79-75-71-67-63-59-55-52-48-45-42-39-37-35-33-31-29-27-26-28-30-32-34-36-38-40-43-46-49-53-57-61-65-69-73-77-81-85-89-100-94(99)88-84-80-76-72-68-64-60-56-50-22-20-18-16-14-12-10-8-6-4-2/h12,14,18,20,26-27,30,32,82,86,91-92,96-97H,3-11,13,15-17,19,21-25,28-29,31,33-81,83-85,87-90H2,1-2H3,(H,95,98)/b14-12-,20-18-,27-26-,32-30-,86-82+. The largest absolute Gasteiger partial charge is 0.466 e. The van der Waals surface area contributed by atoms with Gasteiger partial charge in [0.2, 0.25) is 5.91 Å². The summed E-state index contributed by atoms with van der Waals surface area (Å²) in [4.78, 5) is 24.7. The van der Waals surface area contributed by atoms with Crippen molar-refractivity contribution in [2.24, 2.45) is 0 Å². The van der Waals surface area contributed by atoms with Crippen LogP contribution >= 0.6 is 0 Å². The van der Waals surface area contributed by atoms with Crippen LogP contribution in [0, 0.1) is 0 Å². The zero-order chi connectivity index (χ0) is 71.9. The monoisotopic (exact) mass is 1400 g/mol. The fourth-order valence-corrected chi connectivity index (χ4v) is 14.3. The molecule has 1 amide bonds. The Kier molecular flexibility index (Phi) is 86.8. The van der Waals surface area contributed by atoms with Crippen molar-refractivity contribution < 1.29 is 24.5 Å². The summed E-state index contributed by atoms with van der Waals surface area (Å²) in [6.45, 7) is 4.93. The van der Waals surface area contributed by atoms with Crippen LogP contribution in [0.1, 0.15) is 502 Å². The molecule has 6 nitrogen and oxygen atoms in total. The topological polar surface area (TPSA) is 95.9 Å². The number of unbranched alkanes of at least 4 members (excludes halogenated alkanes) is 67. The van der Waals surface area contributed by atoms with E-state index in [1.807, 2.05) is 6.08 Å². The number of ether oxygens (including phenoxy) is 1. The molecule has 0 rings (SSSR count). The van der Waals surface area contributed by atoms with Gasteiger partial charge in [0.25, 0.3) is 0 Å². The van der Waals surface area contributed by atoms with Gasteiger partial charge in [-0.25, -0.2) is 0 Å². The number of nitrogens with one attached hydrogen (secondary N) is 1. The SMILES string of the molecule is CCCCC/C=C\C/C=C\CCCCCCCCCCCC(=O)OCCCCCCCCCCCCCCCCC/C=C\C/C=C\CCCCCCCCCCCCCCCCCCCC(=O)NC(CO)C(O)/C=C/CCCCCCCCCCCCCCCCCCCCCCCCC. The van der Waals surface area contributed by atoms with E-state index < -0.39 is 12.1 Å². The molecular weight excluding hydrogens is 1220 g/mol. The summed E-state index contributed by atoms with van der Waals surface area (Å²) in [6.07, 6.45) is 121. The van der Waals surface area contributed by atoms with Crippen LogP contribution in [0.3, 0.4) is 0 Å². The van der Waals surface area contributed by atoms with Crippen molar-refractivity contribution in [1.82, 2.24) is 5.32 Å². The van der Waals surface area contributed by atoms with Gasteiger partial charge in [0.1, 0.15) is 0 Å². The maximum atomic E-state index is 12.6. The number of allylic oxidation sites excluding steroid dienone is 9. The fourth-order valence-electron chi connectivity index (χ4n) is 14.3. The van der Waals surface area contributed by atoms with Crippen LogP contribution in [-0.4, -0.2) is 47.4 Å². The average Bonchev–Trinajstić information content (AvgIpc) is 1.80. The molecule has 0 aromatic heterocycles. The Bertz CT molecular complexity index is 1720. The number of carbonyl (C=O) groups excluding carboxylic acids is 2. The lowest BCUT2D eigenvalue weighted by Crippen LogP contribution is -2.45. The normalized spacial score (nSPS) is 12.7. The summed E-state index contributed by atoms with van der Waals surface area (Å²) in [6, 6.07) is -0.628. The molecule has 0 radical (unpaired) electrons. The van der Waals surface area contributed by atoms with Crippen molar-refractivity contribution in [2.45, 2.75) is 514 Å². The van der Waals surface area contributed by atoms with E-state index in [1.165, 1.54) is 417 Å². The van der Waals surface area contributed by atoms with Crippen LogP contribution in [-0.2, 0) is 14.3 Å². The lowest BCUT2D eigenvalue weighted by Gasteiger charge is -2.20. The van der Waals surface area contributed by atoms with Crippen molar-refractivity contribution in [3.8, 4) is 0 Å². The summed E-state index contributed by atoms with van der Waals surface area (Å²) < 4.78 is 5.52. The van der Waals surface area contributed by atoms with Crippen molar-refractivity contribution >= 4 is 11.9 Å². The number of carbonyl (C=O) groups is 2. The highest BCUT2D eigenvalue weighted by atomic mass is 16.5. The Morgan fingerprint density at radius 1 is 0.280 bits per heavy atom. The quantitative estimate of drug-likeness (QED) is 0.0320. The van der Waals surface area contributed by atoms with Crippen LogP contribution in [0.2, 0.25) is 0 Å². The van der Waals surface area contributed by atoms with E-state index in [4.69, 9.17) is 4.74 Å². The van der Waals surface area contributed by atoms with Crippen LogP contribution < -0.4 is 5.32 Å². The van der Waals surface area contributed by atoms with Gasteiger partial charge in [0.05, 0.1) is 25.4 Å². The minimum absolute atomic E-state index is 0.0170. The minimum atomic E-state index is -0.845. The molecule has 2 unspecified atom stereocenters. The summed E-state index contributed by atoms with van der Waals surface area (Å²) in [5.74, 6) is -0.0426. The zero-order valence-electron chi connectivity index (χ0n) is 67.7. The van der Waals surface area contributed by atoms with Gasteiger partial charge >= 0.3 is 5.97 Å². The number of amides is 1. The van der Waals surface area contributed by atoms with Gasteiger partial charge < -0.3 is 20.3 Å². The van der Waals surface area contributed by atoms with E-state index in [0.717, 1.165) is 57.8 Å². The van der Waals surface area contributed by atoms with E-state index >= 15 is 0 Å². The Balaban J connectivity index is 3.37. The van der Waals surface area contributed by atoms with Crippen molar-refractivity contribution in [1.29, 1.82) is 0 Å². The van der Waals surface area contributed by atoms with Gasteiger partial charge in [-0.05, 0) is 96.3 Å². The highest BCUT2D eigenvalue weighted by Crippen LogP contribution is 2.21. The van der Waals surface area contributed by atoms with Gasteiger partial charge in [-0.15, -0.1) is 0 Å². The fraction of sp³-hybridized carbons (Fsp3) is 0.872. The average molecular weight is 1400 g/mol. The molecule has 0 aliphatic heterocycles. The minimum Gasteiger partial charge on any atom is -0.466 e. The van der Waals surface area contributed by atoms with Crippen molar-refractivity contribution in [3.05, 3.63) is 60.8 Å². The van der Waals surface area contributed by atoms with Crippen molar-refractivity contribution in [3.63, 3.8) is 0 Å². The summed E-state index contributed by atoms with van der Waals surface area (Å²) in [5, 5.41) is 23.4. The molecule has 0 aromatic carbocycles. The van der Waals surface area contributed by atoms with Crippen molar-refractivity contribution in [2.75, 3.05) is 13.2 Å². The molecule has 0 aliphatic rings. The van der Waals surface area contributed by atoms with E-state index in [1.54, 1.807) is 6.08 Å². The van der Waals surface area contributed by atoms with E-state index in [-0.39, 0.29) is 18.5 Å². The molecule has 0 spiro atoms. The molecule has 6 heteroatoms. The Labute approximate surface area is 626 Å². The lowest BCUT2D eigenvalue weighted by molar-refractivity contribution is -0.143.